The van der Waals surface area contributed by atoms with Crippen molar-refractivity contribution >= 4 is 10.7 Å². The van der Waals surface area contributed by atoms with Crippen molar-refractivity contribution in [2.75, 3.05) is 0 Å². The smallest absolute Gasteiger partial charge is 0.0229 e. The molecule has 0 aliphatic heterocycles. The Hall–Kier alpha value is -1.41. The maximum absolute atomic E-state index is 8.22. The van der Waals surface area contributed by atoms with Crippen LogP contribution in [0.3, 0.4) is 0 Å². The summed E-state index contributed by atoms with van der Waals surface area (Å²) in [6.07, 6.45) is 0. The second kappa shape index (κ2) is 4.62. The molecule has 0 saturated heterocycles. The highest BCUT2D eigenvalue weighted by Crippen LogP contribution is 2.17. The van der Waals surface area contributed by atoms with Gasteiger partial charge in [0, 0.05) is 9.79 Å². The first-order chi connectivity index (χ1) is 7.66. The second-order valence-corrected chi connectivity index (χ2v) is 5.49. The van der Waals surface area contributed by atoms with Gasteiger partial charge in [0.15, 0.2) is 0 Å². The fourth-order valence-corrected chi connectivity index (χ4v) is 2.57. The molecule has 0 heterocycles. The Morgan fingerprint density at radius 3 is 1.31 bits per heavy atom. The van der Waals surface area contributed by atoms with Crippen LogP contribution in [-0.4, -0.2) is 0 Å². The zero-order valence-electron chi connectivity index (χ0n) is 9.53. The lowest BCUT2D eigenvalue weighted by atomic mass is 10.2. The minimum absolute atomic E-state index is 0.563. The highest BCUT2D eigenvalue weighted by molar-refractivity contribution is 7.86. The van der Waals surface area contributed by atoms with Crippen molar-refractivity contribution < 1.29 is 0 Å². The van der Waals surface area contributed by atoms with E-state index in [0.29, 0.717) is 0 Å². The fraction of sp³-hybridized carbons (Fsp3) is 0.143. The Morgan fingerprint density at radius 2 is 1.00 bits per heavy atom. The quantitative estimate of drug-likeness (QED) is 0.801. The van der Waals surface area contributed by atoms with Gasteiger partial charge in [-0.3, -0.25) is 4.78 Å². The van der Waals surface area contributed by atoms with Gasteiger partial charge in [-0.05, 0) is 48.8 Å². The van der Waals surface area contributed by atoms with Gasteiger partial charge < -0.3 is 0 Å². The maximum Gasteiger partial charge on any atom is 0.0229 e. The van der Waals surface area contributed by atoms with Crippen LogP contribution in [0.5, 0.6) is 0 Å². The topological polar surface area (TPSA) is 23.9 Å². The minimum Gasteiger partial charge on any atom is -0.271 e. The van der Waals surface area contributed by atoms with Crippen molar-refractivity contribution in [1.29, 1.82) is 4.78 Å². The molecular weight excluding hydrogens is 214 g/mol. The monoisotopic (exact) mass is 229 g/mol. The standard InChI is InChI=1S/C14H15NS/c1-11-3-7-13(8-4-11)16(15)14-9-5-12(2)6-10-14/h3-10,15H,1-2H3. The Kier molecular flexibility index (Phi) is 3.20. The number of nitrogens with one attached hydrogen (secondary N) is 1. The lowest BCUT2D eigenvalue weighted by Gasteiger charge is -2.06. The summed E-state index contributed by atoms with van der Waals surface area (Å²) in [4.78, 5) is 2.16. The first kappa shape index (κ1) is 11.1. The van der Waals surface area contributed by atoms with Crippen molar-refractivity contribution in [3.05, 3.63) is 59.7 Å². The molecule has 16 heavy (non-hydrogen) atoms. The molecule has 2 aromatic rings. The molecule has 0 aliphatic carbocycles. The summed E-state index contributed by atoms with van der Waals surface area (Å²) in [7, 11) is -0.563. The molecule has 82 valence electrons. The van der Waals surface area contributed by atoms with E-state index in [0.717, 1.165) is 9.79 Å². The van der Waals surface area contributed by atoms with Gasteiger partial charge in [-0.15, -0.1) is 0 Å². The molecule has 0 aliphatic rings. The van der Waals surface area contributed by atoms with Gasteiger partial charge in [0.1, 0.15) is 0 Å². The van der Waals surface area contributed by atoms with Gasteiger partial charge in [0.25, 0.3) is 0 Å². The predicted octanol–water partition coefficient (Wildman–Crippen LogP) is 4.10. The molecule has 0 unspecified atom stereocenters. The van der Waals surface area contributed by atoms with Gasteiger partial charge >= 0.3 is 0 Å². The van der Waals surface area contributed by atoms with Crippen LogP contribution in [0, 0.1) is 18.6 Å². The summed E-state index contributed by atoms with van der Waals surface area (Å²) in [5.74, 6) is 0. The van der Waals surface area contributed by atoms with Gasteiger partial charge in [-0.25, -0.2) is 0 Å². The molecule has 0 atom stereocenters. The highest BCUT2D eigenvalue weighted by atomic mass is 32.2. The van der Waals surface area contributed by atoms with E-state index in [1.54, 1.807) is 0 Å². The van der Waals surface area contributed by atoms with Crippen LogP contribution >= 0.6 is 0 Å². The Bertz CT molecular complexity index is 450. The van der Waals surface area contributed by atoms with Crippen molar-refractivity contribution in [2.24, 2.45) is 0 Å². The fourth-order valence-electron chi connectivity index (χ4n) is 1.48. The molecular formula is C14H15NS. The van der Waals surface area contributed by atoms with E-state index in [9.17, 15) is 0 Å². The lowest BCUT2D eigenvalue weighted by Crippen LogP contribution is -1.90. The molecule has 0 aromatic heterocycles. The first-order valence-electron chi connectivity index (χ1n) is 5.26. The first-order valence-corrected chi connectivity index (χ1v) is 6.48. The average molecular weight is 229 g/mol. The SMILES string of the molecule is Cc1ccc(S(=N)c2ccc(C)cc2)cc1. The molecule has 0 spiro atoms. The van der Waals surface area contributed by atoms with Gasteiger partial charge in [0.2, 0.25) is 0 Å². The van der Waals surface area contributed by atoms with E-state index >= 15 is 0 Å². The predicted molar refractivity (Wildman–Crippen MR) is 69.0 cm³/mol. The minimum atomic E-state index is -0.563. The highest BCUT2D eigenvalue weighted by Gasteiger charge is 2.01. The Labute approximate surface area is 99.0 Å². The van der Waals surface area contributed by atoms with E-state index in [4.69, 9.17) is 4.78 Å². The summed E-state index contributed by atoms with van der Waals surface area (Å²) >= 11 is 0. The van der Waals surface area contributed by atoms with Gasteiger partial charge in [0.05, 0.1) is 0 Å². The van der Waals surface area contributed by atoms with Crippen LogP contribution in [-0.2, 0) is 10.7 Å². The molecule has 2 aromatic carbocycles. The van der Waals surface area contributed by atoms with E-state index in [1.165, 1.54) is 11.1 Å². The van der Waals surface area contributed by atoms with Crippen LogP contribution in [0.15, 0.2) is 58.3 Å². The molecule has 2 rings (SSSR count). The molecule has 1 N–H and O–H groups in total. The zero-order valence-corrected chi connectivity index (χ0v) is 10.3. The normalized spacial score (nSPS) is 10.7. The number of aryl methyl sites for hydroxylation is 2. The molecule has 2 heteroatoms. The van der Waals surface area contributed by atoms with Crippen molar-refractivity contribution in [1.82, 2.24) is 0 Å². The van der Waals surface area contributed by atoms with Crippen molar-refractivity contribution in [3.63, 3.8) is 0 Å². The van der Waals surface area contributed by atoms with Gasteiger partial charge in [-0.2, -0.15) is 0 Å². The summed E-state index contributed by atoms with van der Waals surface area (Å²) in [6, 6.07) is 16.5. The molecule has 0 saturated carbocycles. The third-order valence-electron chi connectivity index (χ3n) is 2.51. The zero-order chi connectivity index (χ0) is 11.5. The number of rotatable bonds is 2. The third-order valence-corrected chi connectivity index (χ3v) is 4.00. The summed E-state index contributed by atoms with van der Waals surface area (Å²) < 4.78 is 8.22. The van der Waals surface area contributed by atoms with Crippen molar-refractivity contribution in [2.45, 2.75) is 23.6 Å². The number of hydrogen-bond acceptors (Lipinski definition) is 1. The van der Waals surface area contributed by atoms with Crippen LogP contribution in [0.2, 0.25) is 0 Å². The van der Waals surface area contributed by atoms with Crippen LogP contribution < -0.4 is 0 Å². The third kappa shape index (κ3) is 2.39. The van der Waals surface area contributed by atoms with E-state index in [-0.39, 0.29) is 0 Å². The second-order valence-electron chi connectivity index (χ2n) is 3.93. The molecule has 0 bridgehead atoms. The molecule has 0 radical (unpaired) electrons. The maximum atomic E-state index is 8.22. The lowest BCUT2D eigenvalue weighted by molar-refractivity contribution is 1.31. The molecule has 0 fully saturated rings. The van der Waals surface area contributed by atoms with Crippen molar-refractivity contribution in [3.8, 4) is 0 Å². The summed E-state index contributed by atoms with van der Waals surface area (Å²) in [5, 5.41) is 0. The van der Waals surface area contributed by atoms with Crippen LogP contribution in [0.1, 0.15) is 11.1 Å². The Morgan fingerprint density at radius 1 is 0.688 bits per heavy atom. The van der Waals surface area contributed by atoms with Crippen LogP contribution in [0.25, 0.3) is 0 Å². The Balaban J connectivity index is 2.32. The van der Waals surface area contributed by atoms with E-state index in [1.807, 2.05) is 24.3 Å². The van der Waals surface area contributed by atoms with E-state index in [2.05, 4.69) is 38.1 Å². The average Bonchev–Trinajstić information content (AvgIpc) is 2.30. The summed E-state index contributed by atoms with van der Waals surface area (Å²) in [5.41, 5.74) is 2.48. The number of hydrogen-bond donors (Lipinski definition) is 1. The molecule has 1 nitrogen and oxygen atoms in total. The molecule has 0 amide bonds. The van der Waals surface area contributed by atoms with Crippen LogP contribution in [0.4, 0.5) is 0 Å². The summed E-state index contributed by atoms with van der Waals surface area (Å²) in [6.45, 7) is 4.13. The number of benzene rings is 2. The van der Waals surface area contributed by atoms with Gasteiger partial charge in [-0.1, -0.05) is 35.4 Å². The largest absolute Gasteiger partial charge is 0.271 e. The van der Waals surface area contributed by atoms with E-state index < -0.39 is 10.7 Å².